The standard InChI is InChI=1S/C6H4Cl2.CH4N2O/c7-5-2-1-3-6(8)4-5;2-1(3)4/h1-4H;(H4,2,3,4). The molecule has 0 heterocycles. The van der Waals surface area contributed by atoms with Crippen LogP contribution in [0, 0.1) is 0 Å². The Balaban J connectivity index is 0.000000261. The Morgan fingerprint density at radius 3 is 1.67 bits per heavy atom. The predicted molar refractivity (Wildman–Crippen MR) is 50.2 cm³/mol. The number of primary amides is 2. The third-order valence-electron chi connectivity index (χ3n) is 0.787. The molecule has 0 spiro atoms. The van der Waals surface area contributed by atoms with Crippen molar-refractivity contribution < 1.29 is 4.79 Å². The lowest BCUT2D eigenvalue weighted by Gasteiger charge is -1.86. The van der Waals surface area contributed by atoms with Gasteiger partial charge in [-0.1, -0.05) is 29.3 Å². The summed E-state index contributed by atoms with van der Waals surface area (Å²) in [7, 11) is 0. The van der Waals surface area contributed by atoms with Gasteiger partial charge in [-0.3, -0.25) is 0 Å². The molecule has 0 fully saturated rings. The van der Waals surface area contributed by atoms with Gasteiger partial charge in [0.05, 0.1) is 0 Å². The van der Waals surface area contributed by atoms with Crippen LogP contribution in [-0.2, 0) is 0 Å². The molecule has 1 rings (SSSR count). The van der Waals surface area contributed by atoms with E-state index in [4.69, 9.17) is 28.0 Å². The summed E-state index contributed by atoms with van der Waals surface area (Å²) in [6.07, 6.45) is 0. The molecule has 0 bridgehead atoms. The third-order valence-corrected chi connectivity index (χ3v) is 1.26. The van der Waals surface area contributed by atoms with Crippen LogP contribution in [0.15, 0.2) is 24.3 Å². The summed E-state index contributed by atoms with van der Waals surface area (Å²) in [5.74, 6) is 0. The zero-order valence-corrected chi connectivity index (χ0v) is 7.64. The first-order valence-corrected chi connectivity index (χ1v) is 3.74. The molecule has 4 N–H and O–H groups in total. The van der Waals surface area contributed by atoms with Gasteiger partial charge < -0.3 is 11.5 Å². The minimum atomic E-state index is -0.833. The number of nitrogens with two attached hydrogens (primary N) is 2. The summed E-state index contributed by atoms with van der Waals surface area (Å²) < 4.78 is 0. The van der Waals surface area contributed by atoms with Gasteiger partial charge in [-0.25, -0.2) is 4.79 Å². The SMILES string of the molecule is Clc1cccc(Cl)c1.NC(N)=O. The molecule has 1 aromatic carbocycles. The second-order valence-electron chi connectivity index (χ2n) is 1.84. The molecule has 66 valence electrons. The maximum Gasteiger partial charge on any atom is 0.309 e. The third kappa shape index (κ3) is 7.18. The van der Waals surface area contributed by atoms with Crippen molar-refractivity contribution in [1.82, 2.24) is 0 Å². The van der Waals surface area contributed by atoms with Gasteiger partial charge in [-0.15, -0.1) is 0 Å². The summed E-state index contributed by atoms with van der Waals surface area (Å²) in [4.78, 5) is 9.00. The number of halogens is 2. The van der Waals surface area contributed by atoms with E-state index in [1.54, 1.807) is 18.2 Å². The molecule has 0 saturated carbocycles. The zero-order valence-electron chi connectivity index (χ0n) is 6.13. The minimum Gasteiger partial charge on any atom is -0.352 e. The zero-order chi connectivity index (χ0) is 9.56. The average molecular weight is 207 g/mol. The van der Waals surface area contributed by atoms with Gasteiger partial charge in [-0.2, -0.15) is 0 Å². The molecule has 0 radical (unpaired) electrons. The lowest BCUT2D eigenvalue weighted by Crippen LogP contribution is -2.18. The van der Waals surface area contributed by atoms with Crippen LogP contribution in [0.25, 0.3) is 0 Å². The van der Waals surface area contributed by atoms with Crippen molar-refractivity contribution >= 4 is 29.2 Å². The molecule has 2 amide bonds. The van der Waals surface area contributed by atoms with E-state index in [9.17, 15) is 0 Å². The van der Waals surface area contributed by atoms with Crippen LogP contribution in [-0.4, -0.2) is 6.03 Å². The van der Waals surface area contributed by atoms with Crippen molar-refractivity contribution in [1.29, 1.82) is 0 Å². The quantitative estimate of drug-likeness (QED) is 0.671. The molecule has 1 aromatic rings. The minimum absolute atomic E-state index is 0.678. The van der Waals surface area contributed by atoms with Crippen molar-refractivity contribution in [2.45, 2.75) is 0 Å². The molecule has 5 heteroatoms. The Bertz CT molecular complexity index is 244. The summed E-state index contributed by atoms with van der Waals surface area (Å²) in [6, 6.07) is 6.24. The number of rotatable bonds is 0. The molecule has 0 aliphatic rings. The summed E-state index contributed by atoms with van der Waals surface area (Å²) in [5, 5.41) is 1.36. The molecular weight excluding hydrogens is 199 g/mol. The fourth-order valence-electron chi connectivity index (χ4n) is 0.460. The first-order chi connectivity index (χ1) is 5.52. The molecule has 0 atom stereocenters. The van der Waals surface area contributed by atoms with Gasteiger partial charge >= 0.3 is 6.03 Å². The van der Waals surface area contributed by atoms with Crippen molar-refractivity contribution in [2.24, 2.45) is 11.5 Å². The number of carbonyl (C=O) groups excluding carboxylic acids is 1. The van der Waals surface area contributed by atoms with Crippen LogP contribution >= 0.6 is 23.2 Å². The number of carbonyl (C=O) groups is 1. The molecule has 0 aliphatic carbocycles. The maximum atomic E-state index is 9.00. The highest BCUT2D eigenvalue weighted by atomic mass is 35.5. The topological polar surface area (TPSA) is 69.1 Å². The number of hydrogen-bond acceptors (Lipinski definition) is 1. The Kier molecular flexibility index (Phi) is 5.25. The Hall–Kier alpha value is -0.930. The van der Waals surface area contributed by atoms with E-state index in [-0.39, 0.29) is 0 Å². The second kappa shape index (κ2) is 5.69. The van der Waals surface area contributed by atoms with E-state index in [0.29, 0.717) is 10.0 Å². The van der Waals surface area contributed by atoms with Crippen molar-refractivity contribution in [3.8, 4) is 0 Å². The van der Waals surface area contributed by atoms with E-state index < -0.39 is 6.03 Å². The first-order valence-electron chi connectivity index (χ1n) is 2.98. The lowest BCUT2D eigenvalue weighted by molar-refractivity contribution is 0.256. The van der Waals surface area contributed by atoms with Crippen LogP contribution < -0.4 is 11.5 Å². The summed E-state index contributed by atoms with van der Waals surface area (Å²) in [6.45, 7) is 0. The van der Waals surface area contributed by atoms with Gasteiger partial charge in [0.25, 0.3) is 0 Å². The Labute approximate surface area is 80.3 Å². The van der Waals surface area contributed by atoms with Crippen LogP contribution in [0.2, 0.25) is 10.0 Å². The van der Waals surface area contributed by atoms with Crippen molar-refractivity contribution in [3.05, 3.63) is 34.3 Å². The molecule has 12 heavy (non-hydrogen) atoms. The average Bonchev–Trinajstić information content (AvgIpc) is 1.84. The number of hydrogen-bond donors (Lipinski definition) is 2. The highest BCUT2D eigenvalue weighted by Crippen LogP contribution is 2.13. The summed E-state index contributed by atoms with van der Waals surface area (Å²) in [5.41, 5.74) is 8.50. The van der Waals surface area contributed by atoms with Crippen molar-refractivity contribution in [3.63, 3.8) is 0 Å². The van der Waals surface area contributed by atoms with Crippen LogP contribution in [0.4, 0.5) is 4.79 Å². The Morgan fingerprint density at radius 1 is 1.17 bits per heavy atom. The molecule has 0 aliphatic heterocycles. The first kappa shape index (κ1) is 11.1. The second-order valence-corrected chi connectivity index (χ2v) is 2.72. The Morgan fingerprint density at radius 2 is 1.50 bits per heavy atom. The van der Waals surface area contributed by atoms with E-state index in [0.717, 1.165) is 0 Å². The van der Waals surface area contributed by atoms with Crippen LogP contribution in [0.5, 0.6) is 0 Å². The van der Waals surface area contributed by atoms with E-state index in [1.165, 1.54) is 0 Å². The van der Waals surface area contributed by atoms with E-state index in [1.807, 2.05) is 6.07 Å². The fraction of sp³-hybridized carbons (Fsp3) is 0. The number of amides is 2. The molecule has 3 nitrogen and oxygen atoms in total. The maximum absolute atomic E-state index is 9.00. The predicted octanol–water partition coefficient (Wildman–Crippen LogP) is 2.02. The van der Waals surface area contributed by atoms with Crippen LogP contribution in [0.1, 0.15) is 0 Å². The smallest absolute Gasteiger partial charge is 0.309 e. The molecular formula is C7H8Cl2N2O. The van der Waals surface area contributed by atoms with Crippen LogP contribution in [0.3, 0.4) is 0 Å². The van der Waals surface area contributed by atoms with Gasteiger partial charge in [-0.05, 0) is 18.2 Å². The monoisotopic (exact) mass is 206 g/mol. The summed E-state index contributed by atoms with van der Waals surface area (Å²) >= 11 is 11.1. The van der Waals surface area contributed by atoms with Gasteiger partial charge in [0, 0.05) is 10.0 Å². The van der Waals surface area contributed by atoms with Gasteiger partial charge in [0.1, 0.15) is 0 Å². The lowest BCUT2D eigenvalue weighted by atomic mass is 10.4. The molecule has 0 aromatic heterocycles. The largest absolute Gasteiger partial charge is 0.352 e. The number of benzene rings is 1. The molecule has 0 unspecified atom stereocenters. The van der Waals surface area contributed by atoms with Gasteiger partial charge in [0.15, 0.2) is 0 Å². The normalized spacial score (nSPS) is 8.17. The number of urea groups is 1. The highest BCUT2D eigenvalue weighted by Gasteiger charge is 1.84. The van der Waals surface area contributed by atoms with E-state index in [2.05, 4.69) is 11.5 Å². The highest BCUT2D eigenvalue weighted by molar-refractivity contribution is 6.34. The van der Waals surface area contributed by atoms with E-state index >= 15 is 0 Å². The fourth-order valence-corrected chi connectivity index (χ4v) is 0.896. The van der Waals surface area contributed by atoms with Crippen molar-refractivity contribution in [2.75, 3.05) is 0 Å². The molecule has 0 saturated heterocycles. The van der Waals surface area contributed by atoms with Gasteiger partial charge in [0.2, 0.25) is 0 Å².